The van der Waals surface area contributed by atoms with Gasteiger partial charge in [-0.1, -0.05) is 12.8 Å². The molecule has 1 aromatic rings. The third-order valence-corrected chi connectivity index (χ3v) is 3.57. The summed E-state index contributed by atoms with van der Waals surface area (Å²) in [5.74, 6) is 0.998. The van der Waals surface area contributed by atoms with Crippen LogP contribution in [0.1, 0.15) is 35.4 Å². The normalized spacial score (nSPS) is 20.8. The van der Waals surface area contributed by atoms with Crippen LogP contribution in [0.2, 0.25) is 0 Å². The number of aldehydes is 1. The van der Waals surface area contributed by atoms with Gasteiger partial charge >= 0.3 is 0 Å². The number of hydrogen-bond acceptors (Lipinski definition) is 3. The van der Waals surface area contributed by atoms with Gasteiger partial charge in [0.05, 0.1) is 12.2 Å². The Kier molecular flexibility index (Phi) is 2.52. The van der Waals surface area contributed by atoms with Gasteiger partial charge in [-0.25, -0.2) is 0 Å². The minimum Gasteiger partial charge on any atom is -0.296 e. The molecule has 0 bridgehead atoms. The Bertz CT molecular complexity index is 395. The first-order valence-corrected chi connectivity index (χ1v) is 6.09. The highest BCUT2D eigenvalue weighted by Crippen LogP contribution is 2.32. The Hall–Kier alpha value is -1.16. The first-order valence-electron chi connectivity index (χ1n) is 6.09. The largest absolute Gasteiger partial charge is 0.296 e. The van der Waals surface area contributed by atoms with Gasteiger partial charge < -0.3 is 0 Å². The van der Waals surface area contributed by atoms with E-state index in [1.807, 2.05) is 10.7 Å². The van der Waals surface area contributed by atoms with Crippen molar-refractivity contribution in [2.75, 3.05) is 13.1 Å². The molecule has 1 aromatic heterocycles. The monoisotopic (exact) mass is 219 g/mol. The lowest BCUT2D eigenvalue weighted by atomic mass is 10.2. The van der Waals surface area contributed by atoms with Crippen LogP contribution < -0.4 is 0 Å². The van der Waals surface area contributed by atoms with Crippen molar-refractivity contribution in [2.45, 2.75) is 32.4 Å². The van der Waals surface area contributed by atoms with Gasteiger partial charge in [-0.15, -0.1) is 0 Å². The van der Waals surface area contributed by atoms with Crippen LogP contribution in [0.25, 0.3) is 0 Å². The van der Waals surface area contributed by atoms with Gasteiger partial charge in [-0.3, -0.25) is 14.4 Å². The van der Waals surface area contributed by atoms with Crippen LogP contribution in [0.15, 0.2) is 6.07 Å². The topological polar surface area (TPSA) is 38.1 Å². The summed E-state index contributed by atoms with van der Waals surface area (Å²) in [6, 6.07) is 1.91. The molecule has 4 heteroatoms. The van der Waals surface area contributed by atoms with E-state index in [2.05, 4.69) is 10.00 Å². The molecule has 0 saturated heterocycles. The SMILES string of the molecule is O=Cc1cc2n(n1)CCN(CCC1CC1)C2. The second-order valence-corrected chi connectivity index (χ2v) is 4.91. The molecule has 16 heavy (non-hydrogen) atoms. The molecule has 0 amide bonds. The summed E-state index contributed by atoms with van der Waals surface area (Å²) >= 11 is 0. The fourth-order valence-corrected chi connectivity index (χ4v) is 2.36. The second kappa shape index (κ2) is 4.01. The lowest BCUT2D eigenvalue weighted by Gasteiger charge is -2.27. The smallest absolute Gasteiger partial charge is 0.170 e. The molecule has 2 heterocycles. The van der Waals surface area contributed by atoms with E-state index in [0.29, 0.717) is 5.69 Å². The van der Waals surface area contributed by atoms with Crippen molar-refractivity contribution in [3.63, 3.8) is 0 Å². The maximum Gasteiger partial charge on any atom is 0.170 e. The number of carbonyl (C=O) groups is 1. The van der Waals surface area contributed by atoms with Crippen molar-refractivity contribution in [3.8, 4) is 0 Å². The predicted molar refractivity (Wildman–Crippen MR) is 60.2 cm³/mol. The highest BCUT2D eigenvalue weighted by Gasteiger charge is 2.23. The van der Waals surface area contributed by atoms with Crippen LogP contribution in [-0.4, -0.2) is 34.1 Å². The summed E-state index contributed by atoms with van der Waals surface area (Å²) in [5, 5.41) is 4.23. The lowest BCUT2D eigenvalue weighted by Crippen LogP contribution is -2.34. The average molecular weight is 219 g/mol. The van der Waals surface area contributed by atoms with Crippen LogP contribution in [0, 0.1) is 5.92 Å². The Morgan fingerprint density at radius 3 is 3.06 bits per heavy atom. The second-order valence-electron chi connectivity index (χ2n) is 4.91. The van der Waals surface area contributed by atoms with Crippen molar-refractivity contribution in [1.29, 1.82) is 0 Å². The Morgan fingerprint density at radius 1 is 1.44 bits per heavy atom. The molecule has 0 atom stereocenters. The Labute approximate surface area is 95.2 Å². The van der Waals surface area contributed by atoms with Crippen molar-refractivity contribution in [3.05, 3.63) is 17.5 Å². The fraction of sp³-hybridized carbons (Fsp3) is 0.667. The van der Waals surface area contributed by atoms with Gasteiger partial charge in [-0.05, 0) is 24.9 Å². The van der Waals surface area contributed by atoms with E-state index >= 15 is 0 Å². The molecular formula is C12H17N3O. The Balaban J connectivity index is 1.62. The third kappa shape index (κ3) is 2.02. The molecule has 0 aromatic carbocycles. The van der Waals surface area contributed by atoms with Gasteiger partial charge in [0, 0.05) is 13.1 Å². The number of aromatic nitrogens is 2. The zero-order valence-electron chi connectivity index (χ0n) is 9.43. The number of hydrogen-bond donors (Lipinski definition) is 0. The molecule has 1 aliphatic heterocycles. The molecule has 86 valence electrons. The molecular weight excluding hydrogens is 202 g/mol. The molecule has 0 spiro atoms. The predicted octanol–water partition coefficient (Wildman–Crippen LogP) is 1.31. The van der Waals surface area contributed by atoms with E-state index in [1.54, 1.807) is 0 Å². The van der Waals surface area contributed by atoms with Crippen molar-refractivity contribution < 1.29 is 4.79 Å². The zero-order valence-corrected chi connectivity index (χ0v) is 9.43. The van der Waals surface area contributed by atoms with Gasteiger partial charge in [0.2, 0.25) is 0 Å². The summed E-state index contributed by atoms with van der Waals surface area (Å²) in [6.07, 6.45) is 5.04. The minimum absolute atomic E-state index is 0.569. The zero-order chi connectivity index (χ0) is 11.0. The number of rotatable bonds is 4. The van der Waals surface area contributed by atoms with Crippen molar-refractivity contribution in [2.24, 2.45) is 5.92 Å². The molecule has 1 aliphatic carbocycles. The highest BCUT2D eigenvalue weighted by molar-refractivity contribution is 5.71. The molecule has 4 nitrogen and oxygen atoms in total. The van der Waals surface area contributed by atoms with E-state index in [1.165, 1.54) is 31.5 Å². The summed E-state index contributed by atoms with van der Waals surface area (Å²) in [5.41, 5.74) is 1.75. The molecule has 0 unspecified atom stereocenters. The summed E-state index contributed by atoms with van der Waals surface area (Å²) < 4.78 is 1.97. The molecule has 3 rings (SSSR count). The minimum atomic E-state index is 0.569. The maximum atomic E-state index is 10.6. The van der Waals surface area contributed by atoms with Crippen LogP contribution in [0.5, 0.6) is 0 Å². The molecule has 1 saturated carbocycles. The van der Waals surface area contributed by atoms with Crippen LogP contribution >= 0.6 is 0 Å². The van der Waals surface area contributed by atoms with E-state index in [-0.39, 0.29) is 0 Å². The number of carbonyl (C=O) groups excluding carboxylic acids is 1. The quantitative estimate of drug-likeness (QED) is 0.717. The standard InChI is InChI=1S/C12H17N3O/c16-9-11-7-12-8-14(4-3-10-1-2-10)5-6-15(12)13-11/h7,9-10H,1-6,8H2. The molecule has 1 fully saturated rings. The van der Waals surface area contributed by atoms with Crippen LogP contribution in [0.3, 0.4) is 0 Å². The summed E-state index contributed by atoms with van der Waals surface area (Å²) in [4.78, 5) is 13.1. The lowest BCUT2D eigenvalue weighted by molar-refractivity contribution is 0.111. The van der Waals surface area contributed by atoms with Crippen LogP contribution in [-0.2, 0) is 13.1 Å². The van der Waals surface area contributed by atoms with Gasteiger partial charge in [0.15, 0.2) is 6.29 Å². The highest BCUT2D eigenvalue weighted by atomic mass is 16.1. The average Bonchev–Trinajstić information content (AvgIpc) is 3.04. The van der Waals surface area contributed by atoms with E-state index < -0.39 is 0 Å². The molecule has 2 aliphatic rings. The van der Waals surface area contributed by atoms with Gasteiger partial charge in [0.1, 0.15) is 5.69 Å². The maximum absolute atomic E-state index is 10.6. The Morgan fingerprint density at radius 2 is 2.31 bits per heavy atom. The first-order chi connectivity index (χ1) is 7.85. The number of nitrogens with zero attached hydrogens (tertiary/aromatic N) is 3. The van der Waals surface area contributed by atoms with E-state index in [4.69, 9.17) is 0 Å². The summed E-state index contributed by atoms with van der Waals surface area (Å²) in [7, 11) is 0. The van der Waals surface area contributed by atoms with E-state index in [9.17, 15) is 4.79 Å². The molecule has 0 radical (unpaired) electrons. The summed E-state index contributed by atoms with van der Waals surface area (Å²) in [6.45, 7) is 4.15. The first kappa shape index (κ1) is 10.0. The van der Waals surface area contributed by atoms with Gasteiger partial charge in [-0.2, -0.15) is 5.10 Å². The fourth-order valence-electron chi connectivity index (χ4n) is 2.36. The van der Waals surface area contributed by atoms with Crippen molar-refractivity contribution in [1.82, 2.24) is 14.7 Å². The van der Waals surface area contributed by atoms with E-state index in [0.717, 1.165) is 31.8 Å². The third-order valence-electron chi connectivity index (χ3n) is 3.57. The van der Waals surface area contributed by atoms with Crippen molar-refractivity contribution >= 4 is 6.29 Å². The van der Waals surface area contributed by atoms with Gasteiger partial charge in [0.25, 0.3) is 0 Å². The van der Waals surface area contributed by atoms with Crippen LogP contribution in [0.4, 0.5) is 0 Å². The molecule has 0 N–H and O–H groups in total. The number of fused-ring (bicyclic) bond motifs is 1.